The van der Waals surface area contributed by atoms with Gasteiger partial charge in [-0.25, -0.2) is 0 Å². The Morgan fingerprint density at radius 1 is 1.07 bits per heavy atom. The molecule has 2 N–H and O–H groups in total. The van der Waals surface area contributed by atoms with Crippen LogP contribution in [0.2, 0.25) is 0 Å². The second-order valence-electron chi connectivity index (χ2n) is 6.65. The maximum atomic E-state index is 12.3. The summed E-state index contributed by atoms with van der Waals surface area (Å²) >= 11 is 0. The highest BCUT2D eigenvalue weighted by molar-refractivity contribution is 5.97. The molecule has 0 saturated carbocycles. The molecule has 2 amide bonds. The van der Waals surface area contributed by atoms with Crippen molar-refractivity contribution in [1.82, 2.24) is 5.32 Å². The third-order valence-corrected chi connectivity index (χ3v) is 4.28. The van der Waals surface area contributed by atoms with E-state index in [0.29, 0.717) is 17.0 Å². The Labute approximate surface area is 170 Å². The van der Waals surface area contributed by atoms with E-state index in [9.17, 15) is 14.4 Å². The fraction of sp³-hybridized carbons (Fsp3) is 0.318. The number of carbonyl (C=O) groups excluding carboxylic acids is 3. The molecule has 7 heteroatoms. The lowest BCUT2D eigenvalue weighted by Gasteiger charge is -2.15. The highest BCUT2D eigenvalue weighted by atomic mass is 16.5. The summed E-state index contributed by atoms with van der Waals surface area (Å²) in [5.74, 6) is -0.892. The van der Waals surface area contributed by atoms with Crippen LogP contribution in [0.5, 0.6) is 5.75 Å². The predicted molar refractivity (Wildman–Crippen MR) is 110 cm³/mol. The van der Waals surface area contributed by atoms with Gasteiger partial charge in [0, 0.05) is 12.2 Å². The van der Waals surface area contributed by atoms with E-state index in [1.165, 1.54) is 14.0 Å². The molecule has 0 bridgehead atoms. The zero-order chi connectivity index (χ0) is 21.4. The lowest BCUT2D eigenvalue weighted by molar-refractivity contribution is -0.153. The zero-order valence-corrected chi connectivity index (χ0v) is 17.1. The van der Waals surface area contributed by atoms with E-state index in [1.54, 1.807) is 24.3 Å². The van der Waals surface area contributed by atoms with Crippen molar-refractivity contribution in [2.24, 2.45) is 0 Å². The van der Waals surface area contributed by atoms with Crippen LogP contribution in [0.3, 0.4) is 0 Å². The van der Waals surface area contributed by atoms with Crippen molar-refractivity contribution in [2.75, 3.05) is 19.0 Å². The highest BCUT2D eigenvalue weighted by Crippen LogP contribution is 2.17. The van der Waals surface area contributed by atoms with Crippen molar-refractivity contribution >= 4 is 23.5 Å². The van der Waals surface area contributed by atoms with Gasteiger partial charge in [0.25, 0.3) is 11.8 Å². The number of nitrogens with one attached hydrogen (secondary N) is 2. The molecule has 0 radical (unpaired) electrons. The molecular formula is C22H26N2O5. The maximum absolute atomic E-state index is 12.3. The summed E-state index contributed by atoms with van der Waals surface area (Å²) in [4.78, 5) is 36.4. The molecule has 29 heavy (non-hydrogen) atoms. The Hall–Kier alpha value is -3.35. The quantitative estimate of drug-likeness (QED) is 0.667. The number of carbonyl (C=O) groups is 3. The van der Waals surface area contributed by atoms with Gasteiger partial charge < -0.3 is 20.1 Å². The van der Waals surface area contributed by atoms with Crippen molar-refractivity contribution < 1.29 is 23.9 Å². The number of hydrogen-bond donors (Lipinski definition) is 2. The van der Waals surface area contributed by atoms with Gasteiger partial charge in [-0.05, 0) is 44.5 Å². The van der Waals surface area contributed by atoms with Crippen molar-refractivity contribution in [3.05, 3.63) is 59.2 Å². The van der Waals surface area contributed by atoms with Crippen LogP contribution in [0, 0.1) is 13.8 Å². The monoisotopic (exact) mass is 398 g/mol. The molecule has 2 aromatic carbocycles. The summed E-state index contributed by atoms with van der Waals surface area (Å²) in [6.45, 7) is 5.45. The molecule has 1 atom stereocenters. The fourth-order valence-corrected chi connectivity index (χ4v) is 2.70. The van der Waals surface area contributed by atoms with Gasteiger partial charge in [0.15, 0.2) is 6.10 Å². The van der Waals surface area contributed by atoms with Gasteiger partial charge in [-0.15, -0.1) is 0 Å². The lowest BCUT2D eigenvalue weighted by Crippen LogP contribution is -2.32. The summed E-state index contributed by atoms with van der Waals surface area (Å²) in [6.07, 6.45) is -1.00. The van der Waals surface area contributed by atoms with Gasteiger partial charge in [-0.1, -0.05) is 29.8 Å². The number of hydrogen-bond acceptors (Lipinski definition) is 5. The van der Waals surface area contributed by atoms with E-state index in [0.717, 1.165) is 11.1 Å². The standard InChI is InChI=1S/C22H26N2O5/c1-14-9-10-18(15(2)13-14)24-21(26)16(3)29-20(25)11-12-23-22(27)17-7-5-6-8-19(17)28-4/h5-10,13,16H,11-12H2,1-4H3,(H,23,27)(H,24,26)/t16-/m0/s1. The van der Waals surface area contributed by atoms with E-state index in [4.69, 9.17) is 9.47 Å². The number of benzene rings is 2. The molecule has 0 heterocycles. The number of aryl methyl sites for hydroxylation is 2. The summed E-state index contributed by atoms with van der Waals surface area (Å²) in [6, 6.07) is 12.5. The Morgan fingerprint density at radius 2 is 1.79 bits per heavy atom. The first-order valence-corrected chi connectivity index (χ1v) is 9.30. The summed E-state index contributed by atoms with van der Waals surface area (Å²) in [5.41, 5.74) is 3.07. The van der Waals surface area contributed by atoms with Gasteiger partial charge in [-0.2, -0.15) is 0 Å². The van der Waals surface area contributed by atoms with Gasteiger partial charge in [-0.3, -0.25) is 14.4 Å². The molecule has 154 valence electrons. The Kier molecular flexibility index (Phi) is 7.77. The fourth-order valence-electron chi connectivity index (χ4n) is 2.70. The van der Waals surface area contributed by atoms with Crippen LogP contribution in [0.15, 0.2) is 42.5 Å². The molecule has 0 aliphatic carbocycles. The van der Waals surface area contributed by atoms with Crippen LogP contribution in [0.1, 0.15) is 34.8 Å². The molecular weight excluding hydrogens is 372 g/mol. The number of amides is 2. The minimum Gasteiger partial charge on any atom is -0.496 e. The van der Waals surface area contributed by atoms with Crippen molar-refractivity contribution in [1.29, 1.82) is 0 Å². The van der Waals surface area contributed by atoms with E-state index in [-0.39, 0.29) is 18.9 Å². The van der Waals surface area contributed by atoms with E-state index >= 15 is 0 Å². The summed E-state index contributed by atoms with van der Waals surface area (Å²) < 4.78 is 10.3. The van der Waals surface area contributed by atoms with Crippen molar-refractivity contribution in [2.45, 2.75) is 33.3 Å². The number of anilines is 1. The number of para-hydroxylation sites is 1. The van der Waals surface area contributed by atoms with Crippen LogP contribution in [-0.2, 0) is 14.3 Å². The normalized spacial score (nSPS) is 11.3. The molecule has 0 aliphatic rings. The molecule has 2 aromatic rings. The van der Waals surface area contributed by atoms with E-state index in [1.807, 2.05) is 32.0 Å². The van der Waals surface area contributed by atoms with Crippen LogP contribution >= 0.6 is 0 Å². The lowest BCUT2D eigenvalue weighted by atomic mass is 10.1. The maximum Gasteiger partial charge on any atom is 0.308 e. The summed E-state index contributed by atoms with van der Waals surface area (Å²) in [7, 11) is 1.48. The molecule has 0 aliphatic heterocycles. The molecule has 0 fully saturated rings. The van der Waals surface area contributed by atoms with Gasteiger partial charge in [0.2, 0.25) is 0 Å². The van der Waals surface area contributed by atoms with E-state index in [2.05, 4.69) is 10.6 Å². The molecule has 0 unspecified atom stereocenters. The number of methoxy groups -OCH3 is 1. The predicted octanol–water partition coefficient (Wildman–Crippen LogP) is 3.00. The van der Waals surface area contributed by atoms with Gasteiger partial charge in [0.05, 0.1) is 19.1 Å². The Balaban J connectivity index is 1.79. The average Bonchev–Trinajstić information content (AvgIpc) is 2.69. The number of rotatable bonds is 8. The Bertz CT molecular complexity index is 895. The van der Waals surface area contributed by atoms with Crippen molar-refractivity contribution in [3.8, 4) is 5.75 Å². The summed E-state index contributed by atoms with van der Waals surface area (Å²) in [5, 5.41) is 5.39. The minimum absolute atomic E-state index is 0.0535. The Morgan fingerprint density at radius 3 is 2.48 bits per heavy atom. The van der Waals surface area contributed by atoms with Crippen LogP contribution in [-0.4, -0.2) is 37.5 Å². The second-order valence-corrected chi connectivity index (χ2v) is 6.65. The molecule has 0 spiro atoms. The van der Waals surface area contributed by atoms with Gasteiger partial charge in [0.1, 0.15) is 5.75 Å². The first kappa shape index (κ1) is 21.9. The first-order chi connectivity index (χ1) is 13.8. The second kappa shape index (κ2) is 10.3. The number of esters is 1. The zero-order valence-electron chi connectivity index (χ0n) is 17.1. The van der Waals surface area contributed by atoms with Crippen LogP contribution in [0.25, 0.3) is 0 Å². The molecule has 7 nitrogen and oxygen atoms in total. The molecule has 0 aromatic heterocycles. The van der Waals surface area contributed by atoms with Crippen LogP contribution < -0.4 is 15.4 Å². The van der Waals surface area contributed by atoms with Crippen LogP contribution in [0.4, 0.5) is 5.69 Å². The van der Waals surface area contributed by atoms with Crippen molar-refractivity contribution in [3.63, 3.8) is 0 Å². The average molecular weight is 398 g/mol. The largest absolute Gasteiger partial charge is 0.496 e. The molecule has 2 rings (SSSR count). The third-order valence-electron chi connectivity index (χ3n) is 4.28. The highest BCUT2D eigenvalue weighted by Gasteiger charge is 2.19. The topological polar surface area (TPSA) is 93.7 Å². The minimum atomic E-state index is -0.951. The first-order valence-electron chi connectivity index (χ1n) is 9.30. The smallest absolute Gasteiger partial charge is 0.308 e. The molecule has 0 saturated heterocycles. The number of ether oxygens (including phenoxy) is 2. The van der Waals surface area contributed by atoms with Gasteiger partial charge >= 0.3 is 5.97 Å². The van der Waals surface area contributed by atoms with E-state index < -0.39 is 18.0 Å². The third kappa shape index (κ3) is 6.34. The SMILES string of the molecule is COc1ccccc1C(=O)NCCC(=O)O[C@@H](C)C(=O)Nc1ccc(C)cc1C.